The summed E-state index contributed by atoms with van der Waals surface area (Å²) in [4.78, 5) is 4.72. The Balaban J connectivity index is 1.62. The van der Waals surface area contributed by atoms with Crippen LogP contribution in [-0.4, -0.2) is 32.8 Å². The number of fused-ring (bicyclic) bond motifs is 1. The fourth-order valence-corrected chi connectivity index (χ4v) is 3.84. The molecule has 5 nitrogen and oxygen atoms in total. The summed E-state index contributed by atoms with van der Waals surface area (Å²) in [7, 11) is 1.79. The van der Waals surface area contributed by atoms with Crippen molar-refractivity contribution in [2.24, 2.45) is 10.4 Å². The van der Waals surface area contributed by atoms with Crippen molar-refractivity contribution in [2.45, 2.75) is 45.6 Å². The third-order valence-corrected chi connectivity index (χ3v) is 5.35. The molecule has 142 valence electrons. The van der Waals surface area contributed by atoms with Gasteiger partial charge in [0.25, 0.3) is 0 Å². The Morgan fingerprint density at radius 3 is 2.77 bits per heavy atom. The van der Waals surface area contributed by atoms with Gasteiger partial charge < -0.3 is 19.8 Å². The number of furan rings is 1. The van der Waals surface area contributed by atoms with E-state index >= 15 is 0 Å². The summed E-state index contributed by atoms with van der Waals surface area (Å²) in [6, 6.07) is 10.1. The lowest BCUT2D eigenvalue weighted by Gasteiger charge is -2.29. The van der Waals surface area contributed by atoms with E-state index < -0.39 is 0 Å². The van der Waals surface area contributed by atoms with E-state index in [4.69, 9.17) is 14.1 Å². The highest BCUT2D eigenvalue weighted by Gasteiger charge is 2.33. The van der Waals surface area contributed by atoms with Crippen molar-refractivity contribution in [1.82, 2.24) is 10.6 Å². The van der Waals surface area contributed by atoms with Crippen LogP contribution in [0.5, 0.6) is 0 Å². The van der Waals surface area contributed by atoms with E-state index in [1.165, 1.54) is 25.7 Å². The molecule has 0 aliphatic heterocycles. The van der Waals surface area contributed by atoms with Gasteiger partial charge in [0.1, 0.15) is 17.9 Å². The Bertz CT molecular complexity index is 684. The number of hydrogen-bond acceptors (Lipinski definition) is 3. The van der Waals surface area contributed by atoms with Crippen molar-refractivity contribution < 1.29 is 9.15 Å². The van der Waals surface area contributed by atoms with Crippen LogP contribution in [0.4, 0.5) is 0 Å². The fourth-order valence-electron chi connectivity index (χ4n) is 3.84. The normalized spacial score (nSPS) is 16.9. The van der Waals surface area contributed by atoms with Crippen LogP contribution in [0.2, 0.25) is 0 Å². The predicted octanol–water partition coefficient (Wildman–Crippen LogP) is 4.08. The Labute approximate surface area is 156 Å². The van der Waals surface area contributed by atoms with Crippen LogP contribution in [0, 0.1) is 5.41 Å². The van der Waals surface area contributed by atoms with Gasteiger partial charge >= 0.3 is 0 Å². The Hall–Kier alpha value is -2.01. The monoisotopic (exact) mass is 357 g/mol. The lowest BCUT2D eigenvalue weighted by Crippen LogP contribution is -2.43. The number of nitrogens with one attached hydrogen (secondary N) is 2. The van der Waals surface area contributed by atoms with Crippen molar-refractivity contribution in [3.63, 3.8) is 0 Å². The third kappa shape index (κ3) is 4.79. The lowest BCUT2D eigenvalue weighted by molar-refractivity contribution is 0.138. The number of ether oxygens (including phenoxy) is 1. The van der Waals surface area contributed by atoms with E-state index in [9.17, 15) is 0 Å². The molecule has 0 unspecified atom stereocenters. The molecule has 1 aromatic carbocycles. The number of hydrogen-bond donors (Lipinski definition) is 2. The maximum atomic E-state index is 5.87. The van der Waals surface area contributed by atoms with Crippen molar-refractivity contribution in [2.75, 3.05) is 26.8 Å². The number of rotatable bonds is 8. The first-order chi connectivity index (χ1) is 12.7. The van der Waals surface area contributed by atoms with Gasteiger partial charge in [-0.1, -0.05) is 31.0 Å². The third-order valence-electron chi connectivity index (χ3n) is 5.35. The Kier molecular flexibility index (Phi) is 6.56. The van der Waals surface area contributed by atoms with Crippen LogP contribution >= 0.6 is 0 Å². The van der Waals surface area contributed by atoms with Crippen LogP contribution in [0.15, 0.2) is 39.7 Å². The van der Waals surface area contributed by atoms with Gasteiger partial charge in [0.05, 0.1) is 0 Å². The second kappa shape index (κ2) is 9.08. The van der Waals surface area contributed by atoms with E-state index in [-0.39, 0.29) is 0 Å². The van der Waals surface area contributed by atoms with Gasteiger partial charge in [-0.2, -0.15) is 0 Å². The quantitative estimate of drug-likeness (QED) is 0.552. The molecule has 0 saturated heterocycles. The summed E-state index contributed by atoms with van der Waals surface area (Å²) in [6.45, 7) is 5.25. The Morgan fingerprint density at radius 1 is 1.23 bits per heavy atom. The molecule has 2 aromatic rings. The molecule has 2 N–H and O–H groups in total. The van der Waals surface area contributed by atoms with Gasteiger partial charge in [-0.3, -0.25) is 0 Å². The lowest BCUT2D eigenvalue weighted by atomic mass is 9.83. The number of para-hydroxylation sites is 1. The van der Waals surface area contributed by atoms with Gasteiger partial charge in [0.2, 0.25) is 0 Å². The van der Waals surface area contributed by atoms with Crippen LogP contribution in [-0.2, 0) is 11.3 Å². The molecule has 0 atom stereocenters. The minimum absolute atomic E-state index is 0.339. The first kappa shape index (κ1) is 18.8. The minimum atomic E-state index is 0.339. The molecule has 1 heterocycles. The maximum Gasteiger partial charge on any atom is 0.191 e. The smallest absolute Gasteiger partial charge is 0.191 e. The zero-order chi connectivity index (χ0) is 18.2. The van der Waals surface area contributed by atoms with E-state index in [0.29, 0.717) is 12.0 Å². The van der Waals surface area contributed by atoms with Crippen molar-refractivity contribution >= 4 is 16.9 Å². The zero-order valence-electron chi connectivity index (χ0n) is 16.0. The number of aliphatic imine (C=N–C) groups is 1. The molecular formula is C21H31N3O2. The highest BCUT2D eigenvalue weighted by Crippen LogP contribution is 2.40. The summed E-state index contributed by atoms with van der Waals surface area (Å²) in [5, 5.41) is 8.03. The van der Waals surface area contributed by atoms with Crippen LogP contribution in [0.1, 0.15) is 44.8 Å². The summed E-state index contributed by atoms with van der Waals surface area (Å²) in [5.41, 5.74) is 1.26. The van der Waals surface area contributed by atoms with Crippen molar-refractivity contribution in [3.05, 3.63) is 36.1 Å². The molecule has 5 heteroatoms. The molecule has 1 aromatic heterocycles. The molecule has 0 amide bonds. The summed E-state index contributed by atoms with van der Waals surface area (Å²) in [6.07, 6.45) is 6.29. The Morgan fingerprint density at radius 2 is 2.04 bits per heavy atom. The SMILES string of the molecule is CCNC(=NCc1cc2ccccc2o1)NCC1(CCOC)CCCC1. The number of methoxy groups -OCH3 is 1. The average Bonchev–Trinajstić information content (AvgIpc) is 3.29. The zero-order valence-corrected chi connectivity index (χ0v) is 16.0. The first-order valence-electron chi connectivity index (χ1n) is 9.73. The van der Waals surface area contributed by atoms with Crippen LogP contribution in [0.25, 0.3) is 11.0 Å². The summed E-state index contributed by atoms with van der Waals surface area (Å²) >= 11 is 0. The molecule has 1 fully saturated rings. The molecule has 1 aliphatic carbocycles. The van der Waals surface area contributed by atoms with Crippen LogP contribution in [0.3, 0.4) is 0 Å². The highest BCUT2D eigenvalue weighted by molar-refractivity contribution is 5.80. The van der Waals surface area contributed by atoms with Gasteiger partial charge in [0.15, 0.2) is 5.96 Å². The van der Waals surface area contributed by atoms with Gasteiger partial charge in [-0.05, 0) is 43.7 Å². The molecule has 1 aliphatic rings. The topological polar surface area (TPSA) is 58.8 Å². The van der Waals surface area contributed by atoms with E-state index in [2.05, 4.69) is 29.7 Å². The fraction of sp³-hybridized carbons (Fsp3) is 0.571. The molecule has 0 radical (unpaired) electrons. The molecule has 26 heavy (non-hydrogen) atoms. The van der Waals surface area contributed by atoms with Crippen molar-refractivity contribution in [3.8, 4) is 0 Å². The molecular weight excluding hydrogens is 326 g/mol. The van der Waals surface area contributed by atoms with E-state index in [1.54, 1.807) is 7.11 Å². The highest BCUT2D eigenvalue weighted by atomic mass is 16.5. The second-order valence-electron chi connectivity index (χ2n) is 7.25. The summed E-state index contributed by atoms with van der Waals surface area (Å²) in [5.74, 6) is 1.75. The van der Waals surface area contributed by atoms with Gasteiger partial charge in [-0.25, -0.2) is 4.99 Å². The minimum Gasteiger partial charge on any atom is -0.459 e. The molecule has 0 spiro atoms. The van der Waals surface area contributed by atoms with E-state index in [0.717, 1.165) is 48.8 Å². The van der Waals surface area contributed by atoms with Crippen LogP contribution < -0.4 is 10.6 Å². The largest absolute Gasteiger partial charge is 0.459 e. The second-order valence-corrected chi connectivity index (χ2v) is 7.25. The number of nitrogens with zero attached hydrogens (tertiary/aromatic N) is 1. The standard InChI is InChI=1S/C21H31N3O2/c1-3-22-20(24-16-21(12-13-25-2)10-6-7-11-21)23-15-18-14-17-8-4-5-9-19(17)26-18/h4-5,8-9,14H,3,6-7,10-13,15-16H2,1-2H3,(H2,22,23,24). The van der Waals surface area contributed by atoms with Crippen molar-refractivity contribution in [1.29, 1.82) is 0 Å². The van der Waals surface area contributed by atoms with E-state index in [1.807, 2.05) is 18.2 Å². The molecule has 1 saturated carbocycles. The maximum absolute atomic E-state index is 5.87. The molecule has 3 rings (SSSR count). The molecule has 0 bridgehead atoms. The average molecular weight is 357 g/mol. The van der Waals surface area contributed by atoms with Gasteiger partial charge in [0, 0.05) is 32.2 Å². The number of guanidine groups is 1. The van der Waals surface area contributed by atoms with Gasteiger partial charge in [-0.15, -0.1) is 0 Å². The first-order valence-corrected chi connectivity index (χ1v) is 9.73. The number of benzene rings is 1. The predicted molar refractivity (Wildman–Crippen MR) is 106 cm³/mol. The summed E-state index contributed by atoms with van der Waals surface area (Å²) < 4.78 is 11.2.